The number of allylic oxidation sites excluding steroid dienone is 7. The molecule has 0 spiro atoms. The molecular weight excluding hydrogens is 546 g/mol. The van der Waals surface area contributed by atoms with Crippen molar-refractivity contribution < 1.29 is 22.9 Å². The van der Waals surface area contributed by atoms with Crippen LogP contribution in [0.25, 0.3) is 0 Å². The summed E-state index contributed by atoms with van der Waals surface area (Å²) in [4.78, 5) is 12.4. The standard InChI is InChI=1S/C35H63NO5S/c1-3-5-7-9-11-13-15-17-19-20-22-24-26-28-30-34(37)33(32-42(39,40)41)36-35(38)31-29-27-25-23-21-18-16-14-12-10-8-6-4-2/h13-16,20,22,28,30,33-34,37H,3-12,17-19,21,23-27,29,31-32H2,1-2H3,(H,36,38)(H,39,40,41)/b15-13+,16-14-,22-20+,30-28+. The van der Waals surface area contributed by atoms with Gasteiger partial charge in [0.05, 0.1) is 17.9 Å². The minimum absolute atomic E-state index is 0.273. The molecule has 0 bridgehead atoms. The summed E-state index contributed by atoms with van der Waals surface area (Å²) in [5.41, 5.74) is 0. The van der Waals surface area contributed by atoms with Crippen LogP contribution in [0, 0.1) is 0 Å². The average molecular weight is 610 g/mol. The van der Waals surface area contributed by atoms with Crippen molar-refractivity contribution in [2.24, 2.45) is 0 Å². The molecule has 0 aliphatic heterocycles. The van der Waals surface area contributed by atoms with Gasteiger partial charge in [-0.15, -0.1) is 0 Å². The number of rotatable bonds is 29. The number of hydrogen-bond donors (Lipinski definition) is 3. The van der Waals surface area contributed by atoms with Gasteiger partial charge in [0.2, 0.25) is 5.91 Å². The molecular formula is C35H63NO5S. The molecule has 42 heavy (non-hydrogen) atoms. The predicted octanol–water partition coefficient (Wildman–Crippen LogP) is 9.18. The number of carbonyl (C=O) groups is 1. The van der Waals surface area contributed by atoms with Crippen LogP contribution in [0.15, 0.2) is 48.6 Å². The van der Waals surface area contributed by atoms with Crippen molar-refractivity contribution in [3.8, 4) is 0 Å². The van der Waals surface area contributed by atoms with Crippen LogP contribution in [0.3, 0.4) is 0 Å². The normalized spacial score (nSPS) is 14.1. The molecule has 0 saturated carbocycles. The summed E-state index contributed by atoms with van der Waals surface area (Å²) in [6.45, 7) is 4.45. The lowest BCUT2D eigenvalue weighted by Crippen LogP contribution is -2.46. The predicted molar refractivity (Wildman–Crippen MR) is 179 cm³/mol. The number of aliphatic hydroxyl groups is 1. The molecule has 0 aromatic carbocycles. The maximum Gasteiger partial charge on any atom is 0.267 e. The lowest BCUT2D eigenvalue weighted by atomic mass is 10.1. The van der Waals surface area contributed by atoms with Crippen LogP contribution in [-0.2, 0) is 14.9 Å². The largest absolute Gasteiger partial charge is 0.387 e. The van der Waals surface area contributed by atoms with Gasteiger partial charge in [-0.3, -0.25) is 9.35 Å². The van der Waals surface area contributed by atoms with Crippen LogP contribution in [-0.4, -0.2) is 41.9 Å². The van der Waals surface area contributed by atoms with E-state index in [0.29, 0.717) is 12.8 Å². The van der Waals surface area contributed by atoms with Gasteiger partial charge in [-0.25, -0.2) is 0 Å². The van der Waals surface area contributed by atoms with Crippen LogP contribution >= 0.6 is 0 Å². The van der Waals surface area contributed by atoms with Gasteiger partial charge in [0.25, 0.3) is 10.1 Å². The second-order valence-corrected chi connectivity index (χ2v) is 12.9. The quantitative estimate of drug-likeness (QED) is 0.0446. The van der Waals surface area contributed by atoms with Crippen LogP contribution in [0.2, 0.25) is 0 Å². The van der Waals surface area contributed by atoms with E-state index in [2.05, 4.69) is 55.6 Å². The van der Waals surface area contributed by atoms with E-state index in [1.54, 1.807) is 6.08 Å². The van der Waals surface area contributed by atoms with E-state index in [1.165, 1.54) is 63.9 Å². The third-order valence-corrected chi connectivity index (χ3v) is 7.99. The van der Waals surface area contributed by atoms with Gasteiger partial charge in [0.1, 0.15) is 0 Å². The second-order valence-electron chi connectivity index (χ2n) is 11.4. The molecule has 1 amide bonds. The summed E-state index contributed by atoms with van der Waals surface area (Å²) in [5.74, 6) is -1.03. The highest BCUT2D eigenvalue weighted by Crippen LogP contribution is 2.10. The van der Waals surface area contributed by atoms with E-state index in [1.807, 2.05) is 0 Å². The zero-order valence-corrected chi connectivity index (χ0v) is 27.7. The van der Waals surface area contributed by atoms with E-state index in [0.717, 1.165) is 57.8 Å². The van der Waals surface area contributed by atoms with Crippen molar-refractivity contribution in [3.63, 3.8) is 0 Å². The fourth-order valence-electron chi connectivity index (χ4n) is 4.65. The van der Waals surface area contributed by atoms with E-state index in [4.69, 9.17) is 0 Å². The number of hydrogen-bond acceptors (Lipinski definition) is 4. The first kappa shape index (κ1) is 40.3. The van der Waals surface area contributed by atoms with Gasteiger partial charge < -0.3 is 10.4 Å². The van der Waals surface area contributed by atoms with Gasteiger partial charge in [0, 0.05) is 6.42 Å². The lowest BCUT2D eigenvalue weighted by Gasteiger charge is -2.21. The molecule has 0 rings (SSSR count). The highest BCUT2D eigenvalue weighted by Gasteiger charge is 2.24. The maximum atomic E-state index is 12.4. The number of amides is 1. The highest BCUT2D eigenvalue weighted by molar-refractivity contribution is 7.85. The Kier molecular flexibility index (Phi) is 28.2. The van der Waals surface area contributed by atoms with Crippen molar-refractivity contribution in [1.82, 2.24) is 5.32 Å². The maximum absolute atomic E-state index is 12.4. The first-order valence-electron chi connectivity index (χ1n) is 16.8. The van der Waals surface area contributed by atoms with Crippen LogP contribution in [0.5, 0.6) is 0 Å². The Hall–Kier alpha value is -1.70. The first-order valence-corrected chi connectivity index (χ1v) is 18.4. The summed E-state index contributed by atoms with van der Waals surface area (Å²) < 4.78 is 32.2. The summed E-state index contributed by atoms with van der Waals surface area (Å²) in [6, 6.07) is -1.08. The number of aliphatic hydroxyl groups excluding tert-OH is 1. The zero-order chi connectivity index (χ0) is 31.2. The molecule has 0 saturated heterocycles. The Morgan fingerprint density at radius 2 is 1.02 bits per heavy atom. The van der Waals surface area contributed by atoms with Gasteiger partial charge in [-0.1, -0.05) is 120 Å². The molecule has 0 aliphatic rings. The number of unbranched alkanes of at least 4 members (excludes halogenated alkanes) is 15. The van der Waals surface area contributed by atoms with Crippen LogP contribution in [0.4, 0.5) is 0 Å². The second kappa shape index (κ2) is 29.4. The fourth-order valence-corrected chi connectivity index (χ4v) is 5.38. The molecule has 244 valence electrons. The fraction of sp³-hybridized carbons (Fsp3) is 0.743. The minimum atomic E-state index is -4.35. The molecule has 2 atom stereocenters. The summed E-state index contributed by atoms with van der Waals surface area (Å²) >= 11 is 0. The molecule has 2 unspecified atom stereocenters. The van der Waals surface area contributed by atoms with Gasteiger partial charge in [-0.2, -0.15) is 8.42 Å². The monoisotopic (exact) mass is 609 g/mol. The van der Waals surface area contributed by atoms with E-state index < -0.39 is 28.0 Å². The van der Waals surface area contributed by atoms with E-state index >= 15 is 0 Å². The molecule has 0 heterocycles. The molecule has 0 aliphatic carbocycles. The van der Waals surface area contributed by atoms with Gasteiger partial charge in [-0.05, 0) is 70.6 Å². The molecule has 7 heteroatoms. The highest BCUT2D eigenvalue weighted by atomic mass is 32.2. The molecule has 0 radical (unpaired) electrons. The van der Waals surface area contributed by atoms with Gasteiger partial charge in [0.15, 0.2) is 0 Å². The lowest BCUT2D eigenvalue weighted by molar-refractivity contribution is -0.122. The number of nitrogens with one attached hydrogen (secondary N) is 1. The molecule has 0 fully saturated rings. The molecule has 3 N–H and O–H groups in total. The summed E-state index contributed by atoms with van der Waals surface area (Å²) in [5, 5.41) is 13.1. The topological polar surface area (TPSA) is 104 Å². The molecule has 0 aromatic rings. The van der Waals surface area contributed by atoms with Crippen molar-refractivity contribution in [1.29, 1.82) is 0 Å². The van der Waals surface area contributed by atoms with Crippen molar-refractivity contribution in [2.45, 2.75) is 161 Å². The van der Waals surface area contributed by atoms with Crippen LogP contribution < -0.4 is 5.32 Å². The third-order valence-electron chi connectivity index (χ3n) is 7.21. The Balaban J connectivity index is 4.16. The SMILES string of the molecule is CCCCCC/C=C\CCCCCCCC(=O)NC(CS(=O)(=O)O)C(O)/C=C/CC/C=C/CC/C=C/CCCCCC. The van der Waals surface area contributed by atoms with Crippen molar-refractivity contribution in [2.75, 3.05) is 5.75 Å². The molecule has 6 nitrogen and oxygen atoms in total. The van der Waals surface area contributed by atoms with Crippen molar-refractivity contribution in [3.05, 3.63) is 48.6 Å². The summed E-state index contributed by atoms with van der Waals surface area (Å²) in [7, 11) is -4.35. The smallest absolute Gasteiger partial charge is 0.267 e. The zero-order valence-electron chi connectivity index (χ0n) is 26.9. The third kappa shape index (κ3) is 29.8. The van der Waals surface area contributed by atoms with E-state index in [9.17, 15) is 22.9 Å². The summed E-state index contributed by atoms with van der Waals surface area (Å²) in [6.07, 6.45) is 38.0. The van der Waals surface area contributed by atoms with E-state index in [-0.39, 0.29) is 12.3 Å². The Morgan fingerprint density at radius 3 is 1.50 bits per heavy atom. The van der Waals surface area contributed by atoms with Crippen LogP contribution in [0.1, 0.15) is 149 Å². The Morgan fingerprint density at radius 1 is 0.619 bits per heavy atom. The first-order chi connectivity index (χ1) is 20.3. The Labute approximate surface area is 259 Å². The Bertz CT molecular complexity index is 847. The van der Waals surface area contributed by atoms with Crippen molar-refractivity contribution >= 4 is 16.0 Å². The molecule has 0 aromatic heterocycles. The number of carbonyl (C=O) groups excluding carboxylic acids is 1. The van der Waals surface area contributed by atoms with Gasteiger partial charge >= 0.3 is 0 Å². The minimum Gasteiger partial charge on any atom is -0.387 e. The average Bonchev–Trinajstić information content (AvgIpc) is 2.94.